The van der Waals surface area contributed by atoms with Gasteiger partial charge in [-0.2, -0.15) is 0 Å². The van der Waals surface area contributed by atoms with E-state index in [1.807, 2.05) is 0 Å². The van der Waals surface area contributed by atoms with Crippen molar-refractivity contribution >= 4 is 37.9 Å². The molecule has 3 heterocycles. The number of rotatable bonds is 5. The lowest BCUT2D eigenvalue weighted by Gasteiger charge is -2.14. The van der Waals surface area contributed by atoms with Crippen LogP contribution in [0.2, 0.25) is 5.15 Å². The lowest BCUT2D eigenvalue weighted by atomic mass is 10.4. The molecule has 0 amide bonds. The summed E-state index contributed by atoms with van der Waals surface area (Å²) in [7, 11) is -3.64. The van der Waals surface area contributed by atoms with E-state index in [0.717, 1.165) is 19.6 Å². The SMILES string of the molecule is O=S(=O)(NCCN1CCCC1)c1c(Cl)nc2sccn12. The smallest absolute Gasteiger partial charge is 0.259 e. The van der Waals surface area contributed by atoms with Crippen LogP contribution in [-0.4, -0.2) is 48.9 Å². The van der Waals surface area contributed by atoms with Crippen molar-refractivity contribution in [3.05, 3.63) is 16.7 Å². The van der Waals surface area contributed by atoms with Crippen LogP contribution in [0.5, 0.6) is 0 Å². The van der Waals surface area contributed by atoms with E-state index in [-0.39, 0.29) is 10.2 Å². The van der Waals surface area contributed by atoms with Gasteiger partial charge in [-0.25, -0.2) is 18.1 Å². The zero-order valence-corrected chi connectivity index (χ0v) is 13.1. The highest BCUT2D eigenvalue weighted by Gasteiger charge is 2.25. The minimum absolute atomic E-state index is 0.0190. The van der Waals surface area contributed by atoms with E-state index in [0.29, 0.717) is 11.5 Å². The van der Waals surface area contributed by atoms with Gasteiger partial charge in [-0.1, -0.05) is 11.6 Å². The molecule has 0 spiro atoms. The zero-order valence-electron chi connectivity index (χ0n) is 10.7. The summed E-state index contributed by atoms with van der Waals surface area (Å²) in [5.74, 6) is 0. The third-order valence-electron chi connectivity index (χ3n) is 3.35. The van der Waals surface area contributed by atoms with Gasteiger partial charge in [-0.15, -0.1) is 11.3 Å². The second kappa shape index (κ2) is 5.61. The first kappa shape index (κ1) is 14.3. The normalized spacial score (nSPS) is 17.2. The number of hydrogen-bond donors (Lipinski definition) is 1. The highest BCUT2D eigenvalue weighted by molar-refractivity contribution is 7.89. The molecular formula is C11H15ClN4O2S2. The molecular weight excluding hydrogens is 320 g/mol. The van der Waals surface area contributed by atoms with Crippen molar-refractivity contribution in [1.29, 1.82) is 0 Å². The Balaban J connectivity index is 1.74. The Morgan fingerprint density at radius 3 is 2.90 bits per heavy atom. The number of nitrogens with zero attached hydrogens (tertiary/aromatic N) is 3. The molecule has 6 nitrogen and oxygen atoms in total. The second-order valence-electron chi connectivity index (χ2n) is 4.71. The average Bonchev–Trinajstić information content (AvgIpc) is 3.04. The molecule has 3 rings (SSSR count). The molecule has 0 radical (unpaired) electrons. The van der Waals surface area contributed by atoms with Gasteiger partial charge in [-0.05, 0) is 25.9 Å². The van der Waals surface area contributed by atoms with Crippen LogP contribution < -0.4 is 4.72 Å². The van der Waals surface area contributed by atoms with Gasteiger partial charge in [0.1, 0.15) is 0 Å². The fourth-order valence-corrected chi connectivity index (χ4v) is 4.86. The van der Waals surface area contributed by atoms with E-state index in [1.165, 1.54) is 28.6 Å². The van der Waals surface area contributed by atoms with E-state index in [1.54, 1.807) is 11.6 Å². The van der Waals surface area contributed by atoms with Gasteiger partial charge in [0.2, 0.25) is 0 Å². The lowest BCUT2D eigenvalue weighted by Crippen LogP contribution is -2.34. The molecule has 0 aromatic carbocycles. The largest absolute Gasteiger partial charge is 0.302 e. The molecule has 0 aliphatic carbocycles. The van der Waals surface area contributed by atoms with Crippen LogP contribution in [0, 0.1) is 0 Å². The number of fused-ring (bicyclic) bond motifs is 1. The molecule has 0 bridgehead atoms. The Morgan fingerprint density at radius 2 is 2.15 bits per heavy atom. The number of halogens is 1. The molecule has 110 valence electrons. The Morgan fingerprint density at radius 1 is 1.40 bits per heavy atom. The molecule has 9 heteroatoms. The summed E-state index contributed by atoms with van der Waals surface area (Å²) < 4.78 is 28.8. The molecule has 1 fully saturated rings. The van der Waals surface area contributed by atoms with Crippen molar-refractivity contribution in [1.82, 2.24) is 19.0 Å². The quantitative estimate of drug-likeness (QED) is 0.898. The molecule has 0 atom stereocenters. The molecule has 1 aliphatic heterocycles. The van der Waals surface area contributed by atoms with E-state index in [2.05, 4.69) is 14.6 Å². The van der Waals surface area contributed by atoms with Crippen LogP contribution in [0.3, 0.4) is 0 Å². The fourth-order valence-electron chi connectivity index (χ4n) is 2.39. The highest BCUT2D eigenvalue weighted by Crippen LogP contribution is 2.25. The number of aromatic nitrogens is 2. The van der Waals surface area contributed by atoms with E-state index >= 15 is 0 Å². The molecule has 0 unspecified atom stereocenters. The predicted octanol–water partition coefficient (Wildman–Crippen LogP) is 1.42. The van der Waals surface area contributed by atoms with Gasteiger partial charge in [-0.3, -0.25) is 4.40 Å². The van der Waals surface area contributed by atoms with Crippen molar-refractivity contribution in [2.45, 2.75) is 17.9 Å². The first-order valence-electron chi connectivity index (χ1n) is 6.41. The zero-order chi connectivity index (χ0) is 14.2. The Hall–Kier alpha value is -0.670. The van der Waals surface area contributed by atoms with Gasteiger partial charge in [0.25, 0.3) is 10.0 Å². The van der Waals surface area contributed by atoms with E-state index in [9.17, 15) is 8.42 Å². The number of thiazole rings is 1. The Labute approximate surface area is 126 Å². The molecule has 2 aromatic heterocycles. The number of imidazole rings is 1. The van der Waals surface area contributed by atoms with Crippen LogP contribution in [-0.2, 0) is 10.0 Å². The monoisotopic (exact) mass is 334 g/mol. The second-order valence-corrected chi connectivity index (χ2v) is 7.62. The van der Waals surface area contributed by atoms with Crippen molar-refractivity contribution in [2.24, 2.45) is 0 Å². The summed E-state index contributed by atoms with van der Waals surface area (Å²) >= 11 is 7.29. The van der Waals surface area contributed by atoms with Gasteiger partial charge in [0.05, 0.1) is 0 Å². The van der Waals surface area contributed by atoms with Crippen molar-refractivity contribution < 1.29 is 8.42 Å². The third-order valence-corrected chi connectivity index (χ3v) is 5.97. The van der Waals surface area contributed by atoms with Crippen LogP contribution in [0.1, 0.15) is 12.8 Å². The number of sulfonamides is 1. The maximum Gasteiger partial charge on any atom is 0.259 e. The first-order chi connectivity index (χ1) is 9.58. The molecule has 20 heavy (non-hydrogen) atoms. The summed E-state index contributed by atoms with van der Waals surface area (Å²) in [6.45, 7) is 3.20. The van der Waals surface area contributed by atoms with Gasteiger partial charge in [0.15, 0.2) is 15.1 Å². The highest BCUT2D eigenvalue weighted by atomic mass is 35.5. The maximum atomic E-state index is 12.3. The minimum atomic E-state index is -3.64. The van der Waals surface area contributed by atoms with Gasteiger partial charge >= 0.3 is 0 Å². The molecule has 1 aliphatic rings. The van der Waals surface area contributed by atoms with Gasteiger partial charge < -0.3 is 4.90 Å². The summed E-state index contributed by atoms with van der Waals surface area (Å²) in [6.07, 6.45) is 4.04. The first-order valence-corrected chi connectivity index (χ1v) is 9.15. The average molecular weight is 335 g/mol. The summed E-state index contributed by atoms with van der Waals surface area (Å²) in [5, 5.41) is 1.82. The lowest BCUT2D eigenvalue weighted by molar-refractivity contribution is 0.344. The predicted molar refractivity (Wildman–Crippen MR) is 78.9 cm³/mol. The topological polar surface area (TPSA) is 66.7 Å². The minimum Gasteiger partial charge on any atom is -0.302 e. The van der Waals surface area contributed by atoms with Crippen LogP contribution >= 0.6 is 22.9 Å². The Kier molecular flexibility index (Phi) is 4.00. The fraction of sp³-hybridized carbons (Fsp3) is 0.545. The van der Waals surface area contributed by atoms with Crippen LogP contribution in [0.15, 0.2) is 16.6 Å². The Bertz CT molecular complexity index is 703. The van der Waals surface area contributed by atoms with Crippen molar-refractivity contribution in [3.8, 4) is 0 Å². The van der Waals surface area contributed by atoms with Crippen molar-refractivity contribution in [2.75, 3.05) is 26.2 Å². The summed E-state index contributed by atoms with van der Waals surface area (Å²) in [4.78, 5) is 6.87. The molecule has 2 aromatic rings. The third kappa shape index (κ3) is 2.71. The van der Waals surface area contributed by atoms with Crippen LogP contribution in [0.25, 0.3) is 4.96 Å². The molecule has 1 saturated heterocycles. The van der Waals surface area contributed by atoms with E-state index in [4.69, 9.17) is 11.6 Å². The molecule has 1 N–H and O–H groups in total. The van der Waals surface area contributed by atoms with Crippen LogP contribution in [0.4, 0.5) is 0 Å². The number of hydrogen-bond acceptors (Lipinski definition) is 5. The van der Waals surface area contributed by atoms with Gasteiger partial charge in [0, 0.05) is 24.7 Å². The molecule has 0 saturated carbocycles. The number of likely N-dealkylation sites (tertiary alicyclic amines) is 1. The van der Waals surface area contributed by atoms with Crippen molar-refractivity contribution in [3.63, 3.8) is 0 Å². The standard InChI is InChI=1S/C11H15ClN4O2S2/c12-9-10(16-7-8-19-11(16)14-9)20(17,18)13-3-6-15-4-1-2-5-15/h7-8,13H,1-6H2. The number of nitrogens with one attached hydrogen (secondary N) is 1. The van der Waals surface area contributed by atoms with E-state index < -0.39 is 10.0 Å². The summed E-state index contributed by atoms with van der Waals surface area (Å²) in [6, 6.07) is 0. The summed E-state index contributed by atoms with van der Waals surface area (Å²) in [5.41, 5.74) is 0. The maximum absolute atomic E-state index is 12.3.